The first kappa shape index (κ1) is 20.3. The number of nitrogens with one attached hydrogen (secondary N) is 2. The molecule has 0 saturated heterocycles. The van der Waals surface area contributed by atoms with Crippen LogP contribution >= 0.6 is 0 Å². The number of rotatable bonds is 5. The molecule has 0 aliphatic carbocycles. The predicted molar refractivity (Wildman–Crippen MR) is 97.5 cm³/mol. The molecule has 2 N–H and O–H groups in total. The summed E-state index contributed by atoms with van der Waals surface area (Å²) in [5.41, 5.74) is 0.758. The molecule has 0 aliphatic heterocycles. The van der Waals surface area contributed by atoms with Crippen molar-refractivity contribution in [3.05, 3.63) is 59.7 Å². The summed E-state index contributed by atoms with van der Waals surface area (Å²) < 4.78 is 38.2. The maximum atomic E-state index is 12.7. The zero-order chi connectivity index (χ0) is 20.0. The van der Waals surface area contributed by atoms with E-state index in [4.69, 9.17) is 0 Å². The van der Waals surface area contributed by atoms with Crippen molar-refractivity contribution < 1.29 is 22.8 Å². The lowest BCUT2D eigenvalue weighted by molar-refractivity contribution is -0.137. The number of benzene rings is 2. The molecule has 0 heterocycles. The van der Waals surface area contributed by atoms with Gasteiger partial charge in [0.15, 0.2) is 0 Å². The number of amides is 3. The van der Waals surface area contributed by atoms with Gasteiger partial charge >= 0.3 is 12.2 Å². The van der Waals surface area contributed by atoms with Crippen molar-refractivity contribution in [3.63, 3.8) is 0 Å². The van der Waals surface area contributed by atoms with Crippen molar-refractivity contribution in [2.45, 2.75) is 19.5 Å². The SMILES string of the molecule is CCc1ccccc1NC(=O)CN(C)C(=O)Nc1cccc(C(F)(F)F)c1. The third kappa shape index (κ3) is 5.73. The second-order valence-corrected chi connectivity index (χ2v) is 5.92. The Hall–Kier alpha value is -3.03. The number of aryl methyl sites for hydroxylation is 1. The Morgan fingerprint density at radius 1 is 1.04 bits per heavy atom. The summed E-state index contributed by atoms with van der Waals surface area (Å²) in [6.07, 6.45) is -3.76. The van der Waals surface area contributed by atoms with Gasteiger partial charge in [-0.05, 0) is 36.2 Å². The van der Waals surface area contributed by atoms with E-state index in [9.17, 15) is 22.8 Å². The van der Waals surface area contributed by atoms with Crippen LogP contribution in [0.5, 0.6) is 0 Å². The van der Waals surface area contributed by atoms with E-state index in [0.717, 1.165) is 29.0 Å². The molecule has 0 radical (unpaired) electrons. The molecule has 0 bridgehead atoms. The van der Waals surface area contributed by atoms with Gasteiger partial charge in [-0.25, -0.2) is 4.79 Å². The average Bonchev–Trinajstić information content (AvgIpc) is 2.61. The van der Waals surface area contributed by atoms with E-state index in [-0.39, 0.29) is 12.2 Å². The third-order valence-electron chi connectivity index (χ3n) is 3.84. The number of carbonyl (C=O) groups is 2. The van der Waals surface area contributed by atoms with Crippen LogP contribution in [-0.2, 0) is 17.4 Å². The Balaban J connectivity index is 1.96. The number of urea groups is 1. The lowest BCUT2D eigenvalue weighted by atomic mass is 10.1. The van der Waals surface area contributed by atoms with E-state index in [0.29, 0.717) is 5.69 Å². The van der Waals surface area contributed by atoms with Crippen molar-refractivity contribution in [2.75, 3.05) is 24.2 Å². The Kier molecular flexibility index (Phi) is 6.44. The van der Waals surface area contributed by atoms with E-state index in [2.05, 4.69) is 10.6 Å². The summed E-state index contributed by atoms with van der Waals surface area (Å²) in [4.78, 5) is 25.4. The first-order valence-corrected chi connectivity index (χ1v) is 8.28. The van der Waals surface area contributed by atoms with Crippen molar-refractivity contribution in [1.29, 1.82) is 0 Å². The number of hydrogen-bond acceptors (Lipinski definition) is 2. The van der Waals surface area contributed by atoms with Gasteiger partial charge in [0.2, 0.25) is 5.91 Å². The van der Waals surface area contributed by atoms with Crippen LogP contribution < -0.4 is 10.6 Å². The zero-order valence-electron chi connectivity index (χ0n) is 14.9. The van der Waals surface area contributed by atoms with Crippen molar-refractivity contribution in [1.82, 2.24) is 4.90 Å². The van der Waals surface area contributed by atoms with E-state index in [1.807, 2.05) is 19.1 Å². The maximum Gasteiger partial charge on any atom is 0.416 e. The highest BCUT2D eigenvalue weighted by atomic mass is 19.4. The fraction of sp³-hybridized carbons (Fsp3) is 0.263. The molecule has 0 fully saturated rings. The second-order valence-electron chi connectivity index (χ2n) is 5.92. The van der Waals surface area contributed by atoms with Crippen LogP contribution in [0, 0.1) is 0 Å². The summed E-state index contributed by atoms with van der Waals surface area (Å²) in [6.45, 7) is 1.71. The molecule has 0 saturated carbocycles. The number of alkyl halides is 3. The lowest BCUT2D eigenvalue weighted by Gasteiger charge is -2.18. The Morgan fingerprint density at radius 2 is 1.74 bits per heavy atom. The van der Waals surface area contributed by atoms with Gasteiger partial charge in [0.05, 0.1) is 5.56 Å². The molecular formula is C19H20F3N3O2. The van der Waals surface area contributed by atoms with E-state index in [1.165, 1.54) is 19.2 Å². The molecule has 2 aromatic carbocycles. The summed E-state index contributed by atoms with van der Waals surface area (Å²) in [5, 5.41) is 5.08. The zero-order valence-corrected chi connectivity index (χ0v) is 14.9. The molecule has 0 unspecified atom stereocenters. The van der Waals surface area contributed by atoms with Crippen molar-refractivity contribution in [2.24, 2.45) is 0 Å². The average molecular weight is 379 g/mol. The molecule has 8 heteroatoms. The van der Waals surface area contributed by atoms with Crippen LogP contribution in [0.2, 0.25) is 0 Å². The van der Waals surface area contributed by atoms with E-state index >= 15 is 0 Å². The molecule has 2 aromatic rings. The van der Waals surface area contributed by atoms with Crippen molar-refractivity contribution >= 4 is 23.3 Å². The van der Waals surface area contributed by atoms with Gasteiger partial charge in [-0.2, -0.15) is 13.2 Å². The second kappa shape index (κ2) is 8.57. The molecule has 2 rings (SSSR count). The van der Waals surface area contributed by atoms with Gasteiger partial charge in [-0.3, -0.25) is 4.79 Å². The molecule has 27 heavy (non-hydrogen) atoms. The normalized spacial score (nSPS) is 11.0. The monoisotopic (exact) mass is 379 g/mol. The molecule has 3 amide bonds. The first-order chi connectivity index (χ1) is 12.7. The number of nitrogens with zero attached hydrogens (tertiary/aromatic N) is 1. The Bertz CT molecular complexity index is 822. The van der Waals surface area contributed by atoms with Gasteiger partial charge in [0, 0.05) is 18.4 Å². The molecule has 0 aliphatic rings. The minimum Gasteiger partial charge on any atom is -0.324 e. The van der Waals surface area contributed by atoms with Gasteiger partial charge in [-0.1, -0.05) is 31.2 Å². The predicted octanol–water partition coefficient (Wildman–Crippen LogP) is 4.37. The van der Waals surface area contributed by atoms with Gasteiger partial charge in [-0.15, -0.1) is 0 Å². The number of anilines is 2. The van der Waals surface area contributed by atoms with Crippen molar-refractivity contribution in [3.8, 4) is 0 Å². The van der Waals surface area contributed by atoms with Crippen LogP contribution in [0.15, 0.2) is 48.5 Å². The third-order valence-corrected chi connectivity index (χ3v) is 3.84. The fourth-order valence-electron chi connectivity index (χ4n) is 2.42. The summed E-state index contributed by atoms with van der Waals surface area (Å²) >= 11 is 0. The maximum absolute atomic E-state index is 12.7. The van der Waals surface area contributed by atoms with Crippen LogP contribution in [0.1, 0.15) is 18.1 Å². The van der Waals surface area contributed by atoms with Crippen LogP contribution in [0.4, 0.5) is 29.3 Å². The van der Waals surface area contributed by atoms with Gasteiger partial charge in [0.1, 0.15) is 6.54 Å². The fourth-order valence-corrected chi connectivity index (χ4v) is 2.42. The summed E-state index contributed by atoms with van der Waals surface area (Å²) in [5.74, 6) is -0.405. The summed E-state index contributed by atoms with van der Waals surface area (Å²) in [7, 11) is 1.38. The Morgan fingerprint density at radius 3 is 2.41 bits per heavy atom. The minimum atomic E-state index is -4.50. The summed E-state index contributed by atoms with van der Waals surface area (Å²) in [6, 6.07) is 10.9. The van der Waals surface area contributed by atoms with Crippen LogP contribution in [0.3, 0.4) is 0 Å². The van der Waals surface area contributed by atoms with Gasteiger partial charge < -0.3 is 15.5 Å². The number of likely N-dealkylation sites (N-methyl/N-ethyl adjacent to an activating group) is 1. The minimum absolute atomic E-state index is 0.00147. The number of para-hydroxylation sites is 1. The number of hydrogen-bond donors (Lipinski definition) is 2. The highest BCUT2D eigenvalue weighted by Crippen LogP contribution is 2.30. The lowest BCUT2D eigenvalue weighted by Crippen LogP contribution is -2.37. The van der Waals surface area contributed by atoms with E-state index in [1.54, 1.807) is 12.1 Å². The molecular weight excluding hydrogens is 359 g/mol. The van der Waals surface area contributed by atoms with Crippen LogP contribution in [-0.4, -0.2) is 30.4 Å². The molecule has 0 spiro atoms. The standard InChI is InChI=1S/C19H20F3N3O2/c1-3-13-7-4-5-10-16(13)24-17(26)12-25(2)18(27)23-15-9-6-8-14(11-15)19(20,21)22/h4-11H,3,12H2,1-2H3,(H,23,27)(H,24,26). The molecule has 0 atom stereocenters. The molecule has 0 aromatic heterocycles. The largest absolute Gasteiger partial charge is 0.416 e. The highest BCUT2D eigenvalue weighted by Gasteiger charge is 2.30. The van der Waals surface area contributed by atoms with Gasteiger partial charge in [0.25, 0.3) is 0 Å². The first-order valence-electron chi connectivity index (χ1n) is 8.28. The smallest absolute Gasteiger partial charge is 0.324 e. The number of carbonyl (C=O) groups excluding carboxylic acids is 2. The molecule has 5 nitrogen and oxygen atoms in total. The number of halogens is 3. The molecule has 144 valence electrons. The Labute approximate surface area is 155 Å². The van der Waals surface area contributed by atoms with Crippen LogP contribution in [0.25, 0.3) is 0 Å². The quantitative estimate of drug-likeness (QED) is 0.810. The highest BCUT2D eigenvalue weighted by molar-refractivity contribution is 5.97. The van der Waals surface area contributed by atoms with E-state index < -0.39 is 23.7 Å². The topological polar surface area (TPSA) is 61.4 Å².